The molecule has 29 heavy (non-hydrogen) atoms. The number of carbonyl (C=O) groups is 2. The van der Waals surface area contributed by atoms with E-state index in [2.05, 4.69) is 16.0 Å². The van der Waals surface area contributed by atoms with Crippen molar-refractivity contribution >= 4 is 11.9 Å². The molecule has 0 radical (unpaired) electrons. The van der Waals surface area contributed by atoms with Crippen LogP contribution in [0.3, 0.4) is 0 Å². The average molecular weight is 387 g/mol. The molecule has 0 spiro atoms. The van der Waals surface area contributed by atoms with Gasteiger partial charge in [0, 0.05) is 6.54 Å². The normalized spacial score (nSPS) is 11.7. The number of urea groups is 1. The van der Waals surface area contributed by atoms with Crippen LogP contribution in [0.4, 0.5) is 4.79 Å². The number of hydrogen-bond donors (Lipinski definition) is 3. The van der Waals surface area contributed by atoms with Gasteiger partial charge in [0.25, 0.3) is 0 Å². The Morgan fingerprint density at radius 1 is 0.724 bits per heavy atom. The van der Waals surface area contributed by atoms with Crippen molar-refractivity contribution < 1.29 is 9.59 Å². The van der Waals surface area contributed by atoms with Crippen molar-refractivity contribution in [2.24, 2.45) is 0 Å². The Kier molecular flexibility index (Phi) is 7.14. The molecule has 0 aliphatic heterocycles. The second kappa shape index (κ2) is 10.2. The first-order valence-electron chi connectivity index (χ1n) is 9.68. The van der Waals surface area contributed by atoms with Crippen LogP contribution in [0.15, 0.2) is 91.0 Å². The zero-order valence-electron chi connectivity index (χ0n) is 16.3. The van der Waals surface area contributed by atoms with Gasteiger partial charge >= 0.3 is 6.03 Å². The van der Waals surface area contributed by atoms with Crippen molar-refractivity contribution in [3.8, 4) is 0 Å². The van der Waals surface area contributed by atoms with Gasteiger partial charge in [0.05, 0.1) is 6.04 Å². The molecular formula is C24H25N3O2. The van der Waals surface area contributed by atoms with E-state index in [0.717, 1.165) is 16.7 Å². The lowest BCUT2D eigenvalue weighted by molar-refractivity contribution is -0.122. The molecule has 148 valence electrons. The topological polar surface area (TPSA) is 70.2 Å². The molecule has 0 aromatic heterocycles. The molecule has 0 saturated carbocycles. The predicted octanol–water partition coefficient (Wildman–Crippen LogP) is 3.95. The van der Waals surface area contributed by atoms with Crippen molar-refractivity contribution in [3.05, 3.63) is 108 Å². The van der Waals surface area contributed by atoms with Gasteiger partial charge in [-0.2, -0.15) is 0 Å². The fraction of sp³-hybridized carbons (Fsp3) is 0.167. The number of rotatable bonds is 7. The van der Waals surface area contributed by atoms with E-state index in [1.807, 2.05) is 91.0 Å². The first kappa shape index (κ1) is 20.3. The summed E-state index contributed by atoms with van der Waals surface area (Å²) in [5, 5.41) is 8.50. The Balaban J connectivity index is 1.95. The quantitative estimate of drug-likeness (QED) is 0.575. The molecule has 3 N–H and O–H groups in total. The number of imide groups is 1. The van der Waals surface area contributed by atoms with Gasteiger partial charge in [-0.25, -0.2) is 4.79 Å². The van der Waals surface area contributed by atoms with Crippen LogP contribution < -0.4 is 16.0 Å². The molecule has 3 aromatic rings. The van der Waals surface area contributed by atoms with Gasteiger partial charge in [0.2, 0.25) is 5.91 Å². The first-order valence-corrected chi connectivity index (χ1v) is 9.68. The molecule has 5 heteroatoms. The molecule has 0 aliphatic rings. The van der Waals surface area contributed by atoms with Crippen molar-refractivity contribution in [1.82, 2.24) is 16.0 Å². The molecule has 0 heterocycles. The Hall–Kier alpha value is -3.44. The van der Waals surface area contributed by atoms with Gasteiger partial charge in [0.15, 0.2) is 0 Å². The third kappa shape index (κ3) is 5.53. The Labute approximate surface area is 171 Å². The SMILES string of the molecule is CCNC(=O)NC(=O)[C@H](NC(c1ccccc1)c1ccccc1)c1ccccc1. The summed E-state index contributed by atoms with van der Waals surface area (Å²) in [4.78, 5) is 24.9. The summed E-state index contributed by atoms with van der Waals surface area (Å²) in [5.41, 5.74) is 2.85. The predicted molar refractivity (Wildman–Crippen MR) is 114 cm³/mol. The fourth-order valence-electron chi connectivity index (χ4n) is 3.20. The van der Waals surface area contributed by atoms with Crippen LogP contribution in [0.25, 0.3) is 0 Å². The smallest absolute Gasteiger partial charge is 0.321 e. The van der Waals surface area contributed by atoms with Crippen molar-refractivity contribution in [2.75, 3.05) is 6.54 Å². The van der Waals surface area contributed by atoms with E-state index >= 15 is 0 Å². The van der Waals surface area contributed by atoms with Crippen LogP contribution in [0.5, 0.6) is 0 Å². The lowest BCUT2D eigenvalue weighted by Gasteiger charge is -2.26. The van der Waals surface area contributed by atoms with E-state index in [9.17, 15) is 9.59 Å². The number of carbonyl (C=O) groups excluding carboxylic acids is 2. The van der Waals surface area contributed by atoms with Crippen LogP contribution in [0, 0.1) is 0 Å². The largest absolute Gasteiger partial charge is 0.338 e. The standard InChI is InChI=1S/C24H25N3O2/c1-2-25-24(29)27-23(28)22(20-16-10-5-11-17-20)26-21(18-12-6-3-7-13-18)19-14-8-4-9-15-19/h3-17,21-22,26H,2H2,1H3,(H2,25,27,28,29)/t22-/m1/s1. The maximum Gasteiger partial charge on any atom is 0.321 e. The van der Waals surface area contributed by atoms with E-state index in [1.165, 1.54) is 0 Å². The third-order valence-corrected chi connectivity index (χ3v) is 4.57. The van der Waals surface area contributed by atoms with Crippen molar-refractivity contribution in [1.29, 1.82) is 0 Å². The molecule has 0 bridgehead atoms. The summed E-state index contributed by atoms with van der Waals surface area (Å²) < 4.78 is 0. The summed E-state index contributed by atoms with van der Waals surface area (Å²) in [7, 11) is 0. The van der Waals surface area contributed by atoms with E-state index < -0.39 is 18.0 Å². The lowest BCUT2D eigenvalue weighted by atomic mass is 9.96. The maximum atomic E-state index is 13.0. The van der Waals surface area contributed by atoms with Gasteiger partial charge < -0.3 is 5.32 Å². The molecule has 3 amide bonds. The van der Waals surface area contributed by atoms with Crippen LogP contribution in [0.1, 0.15) is 35.7 Å². The van der Waals surface area contributed by atoms with Gasteiger partial charge in [-0.05, 0) is 23.6 Å². The Bertz CT molecular complexity index is 875. The van der Waals surface area contributed by atoms with E-state index in [-0.39, 0.29) is 6.04 Å². The molecule has 3 aromatic carbocycles. The van der Waals surface area contributed by atoms with Crippen LogP contribution >= 0.6 is 0 Å². The number of nitrogens with one attached hydrogen (secondary N) is 3. The summed E-state index contributed by atoms with van der Waals surface area (Å²) in [6.45, 7) is 2.25. The molecule has 3 rings (SSSR count). The minimum atomic E-state index is -0.704. The molecule has 5 nitrogen and oxygen atoms in total. The second-order valence-electron chi connectivity index (χ2n) is 6.61. The molecule has 0 aliphatic carbocycles. The highest BCUT2D eigenvalue weighted by Gasteiger charge is 2.26. The monoisotopic (exact) mass is 387 g/mol. The van der Waals surface area contributed by atoms with Crippen LogP contribution in [-0.4, -0.2) is 18.5 Å². The highest BCUT2D eigenvalue weighted by atomic mass is 16.2. The lowest BCUT2D eigenvalue weighted by Crippen LogP contribution is -2.45. The zero-order chi connectivity index (χ0) is 20.5. The van der Waals surface area contributed by atoms with Gasteiger partial charge in [0.1, 0.15) is 6.04 Å². The molecule has 1 atom stereocenters. The number of amides is 3. The molecule has 0 fully saturated rings. The van der Waals surface area contributed by atoms with E-state index in [4.69, 9.17) is 0 Å². The second-order valence-corrected chi connectivity index (χ2v) is 6.61. The van der Waals surface area contributed by atoms with Crippen molar-refractivity contribution in [3.63, 3.8) is 0 Å². The van der Waals surface area contributed by atoms with Crippen LogP contribution in [0.2, 0.25) is 0 Å². The first-order chi connectivity index (χ1) is 14.2. The minimum Gasteiger partial charge on any atom is -0.338 e. The fourth-order valence-corrected chi connectivity index (χ4v) is 3.20. The summed E-state index contributed by atoms with van der Waals surface area (Å²) in [6, 6.07) is 27.9. The molecule has 0 unspecified atom stereocenters. The van der Waals surface area contributed by atoms with Gasteiger partial charge in [-0.15, -0.1) is 0 Å². The van der Waals surface area contributed by atoms with Crippen LogP contribution in [-0.2, 0) is 4.79 Å². The summed E-state index contributed by atoms with van der Waals surface area (Å²) in [6.07, 6.45) is 0. The Morgan fingerprint density at radius 3 is 1.62 bits per heavy atom. The minimum absolute atomic E-state index is 0.220. The average Bonchev–Trinajstić information content (AvgIpc) is 2.76. The molecule has 0 saturated heterocycles. The third-order valence-electron chi connectivity index (χ3n) is 4.57. The van der Waals surface area contributed by atoms with Crippen molar-refractivity contribution in [2.45, 2.75) is 19.0 Å². The van der Waals surface area contributed by atoms with E-state index in [1.54, 1.807) is 6.92 Å². The highest BCUT2D eigenvalue weighted by Crippen LogP contribution is 2.26. The zero-order valence-corrected chi connectivity index (χ0v) is 16.3. The van der Waals surface area contributed by atoms with Gasteiger partial charge in [-0.3, -0.25) is 15.4 Å². The highest BCUT2D eigenvalue weighted by molar-refractivity contribution is 5.97. The number of hydrogen-bond acceptors (Lipinski definition) is 3. The summed E-state index contributed by atoms with van der Waals surface area (Å²) >= 11 is 0. The number of benzene rings is 3. The van der Waals surface area contributed by atoms with Gasteiger partial charge in [-0.1, -0.05) is 91.0 Å². The molecular weight excluding hydrogens is 362 g/mol. The Morgan fingerprint density at radius 2 is 1.17 bits per heavy atom. The summed E-state index contributed by atoms with van der Waals surface area (Å²) in [5.74, 6) is -0.404. The maximum absolute atomic E-state index is 13.0. The van der Waals surface area contributed by atoms with E-state index in [0.29, 0.717) is 6.54 Å².